The summed E-state index contributed by atoms with van der Waals surface area (Å²) in [6.45, 7) is 1.94. The maximum absolute atomic E-state index is 12.3. The molecule has 5 nitrogen and oxygen atoms in total. The van der Waals surface area contributed by atoms with Crippen molar-refractivity contribution in [1.29, 1.82) is 0 Å². The summed E-state index contributed by atoms with van der Waals surface area (Å²) in [6, 6.07) is 14.7. The number of nitrogens with zero attached hydrogens (tertiary/aromatic N) is 2. The normalized spacial score (nSPS) is 17.3. The number of rotatable bonds is 4. The number of ether oxygens (including phenoxy) is 1. The Hall–Kier alpha value is -2.86. The molecule has 1 aliphatic heterocycles. The molecule has 0 unspecified atom stereocenters. The number of aliphatic hydroxyl groups is 1. The van der Waals surface area contributed by atoms with E-state index in [9.17, 15) is 9.90 Å². The van der Waals surface area contributed by atoms with Crippen LogP contribution in [0.3, 0.4) is 0 Å². The Morgan fingerprint density at radius 1 is 1.24 bits per heavy atom. The molecule has 2 heterocycles. The number of aliphatic imine (C=N–C) groups is 1. The fourth-order valence-corrected chi connectivity index (χ4v) is 3.23. The Balaban J connectivity index is 2.03. The van der Waals surface area contributed by atoms with E-state index in [1.165, 1.54) is 11.8 Å². The van der Waals surface area contributed by atoms with Crippen molar-refractivity contribution in [3.63, 3.8) is 0 Å². The summed E-state index contributed by atoms with van der Waals surface area (Å²) >= 11 is 1.22. The van der Waals surface area contributed by atoms with Crippen LogP contribution in [0, 0.1) is 0 Å². The molecule has 0 saturated heterocycles. The summed E-state index contributed by atoms with van der Waals surface area (Å²) in [5.74, 6) is -0.726. The lowest BCUT2D eigenvalue weighted by Gasteiger charge is -2.03. The van der Waals surface area contributed by atoms with Crippen molar-refractivity contribution < 1.29 is 14.6 Å². The topological polar surface area (TPSA) is 71.8 Å². The average molecular weight is 352 g/mol. The molecule has 2 aromatic rings. The Bertz CT molecular complexity index is 859. The van der Waals surface area contributed by atoms with Crippen molar-refractivity contribution in [3.8, 4) is 0 Å². The highest BCUT2D eigenvalue weighted by Crippen LogP contribution is 2.40. The predicted octanol–water partition coefficient (Wildman–Crippen LogP) is 4.27. The molecule has 1 aromatic heterocycles. The molecule has 0 aliphatic carbocycles. The number of carbonyl (C=O) groups is 1. The Morgan fingerprint density at radius 2 is 2.00 bits per heavy atom. The Kier molecular flexibility index (Phi) is 5.30. The van der Waals surface area contributed by atoms with Gasteiger partial charge in [-0.2, -0.15) is 0 Å². The molecule has 0 amide bonds. The van der Waals surface area contributed by atoms with Gasteiger partial charge in [0.2, 0.25) is 0 Å². The van der Waals surface area contributed by atoms with E-state index in [2.05, 4.69) is 9.98 Å². The Morgan fingerprint density at radius 3 is 2.68 bits per heavy atom. The molecule has 6 heteroatoms. The van der Waals surface area contributed by atoms with Crippen molar-refractivity contribution in [2.75, 3.05) is 6.61 Å². The van der Waals surface area contributed by atoms with Gasteiger partial charge in [-0.05, 0) is 37.3 Å². The highest BCUT2D eigenvalue weighted by Gasteiger charge is 2.33. The molecule has 25 heavy (non-hydrogen) atoms. The van der Waals surface area contributed by atoms with Crippen LogP contribution < -0.4 is 0 Å². The fourth-order valence-electron chi connectivity index (χ4n) is 2.21. The molecule has 126 valence electrons. The average Bonchev–Trinajstić information content (AvgIpc) is 2.92. The highest BCUT2D eigenvalue weighted by atomic mass is 32.2. The number of hydrogen-bond donors (Lipinski definition) is 1. The minimum absolute atomic E-state index is 0.0814. The van der Waals surface area contributed by atoms with E-state index in [1.807, 2.05) is 48.5 Å². The zero-order valence-electron chi connectivity index (χ0n) is 13.5. The molecule has 1 aromatic carbocycles. The van der Waals surface area contributed by atoms with Gasteiger partial charge in [-0.1, -0.05) is 36.0 Å². The molecule has 0 saturated carbocycles. The van der Waals surface area contributed by atoms with Crippen LogP contribution in [0.2, 0.25) is 0 Å². The first kappa shape index (κ1) is 17.0. The van der Waals surface area contributed by atoms with Gasteiger partial charge < -0.3 is 9.84 Å². The van der Waals surface area contributed by atoms with Gasteiger partial charge in [0, 0.05) is 6.20 Å². The zero-order chi connectivity index (χ0) is 17.6. The molecule has 3 rings (SSSR count). The van der Waals surface area contributed by atoms with Crippen molar-refractivity contribution in [3.05, 3.63) is 76.7 Å². The van der Waals surface area contributed by atoms with Crippen molar-refractivity contribution in [2.24, 2.45) is 4.99 Å². The summed E-state index contributed by atoms with van der Waals surface area (Å²) in [5.41, 5.74) is 1.46. The second-order valence-electron chi connectivity index (χ2n) is 5.06. The van der Waals surface area contributed by atoms with E-state index in [1.54, 1.807) is 19.2 Å². The lowest BCUT2D eigenvalue weighted by Crippen LogP contribution is -2.12. The van der Waals surface area contributed by atoms with Gasteiger partial charge in [0.15, 0.2) is 0 Å². The van der Waals surface area contributed by atoms with E-state index in [-0.39, 0.29) is 17.9 Å². The van der Waals surface area contributed by atoms with Crippen molar-refractivity contribution in [1.82, 2.24) is 4.98 Å². The van der Waals surface area contributed by atoms with Crippen LogP contribution in [-0.2, 0) is 9.53 Å². The van der Waals surface area contributed by atoms with Crippen molar-refractivity contribution in [2.45, 2.75) is 6.92 Å². The lowest BCUT2D eigenvalue weighted by molar-refractivity contribution is -0.138. The summed E-state index contributed by atoms with van der Waals surface area (Å²) < 4.78 is 5.07. The standard InChI is InChI=1S/C19H16N2O3S/c1-2-24-19(23)16-17(22)15(12-14-10-6-7-11-20-14)25-18(16)21-13-8-4-3-5-9-13/h3-12,22H,2H2,1H3. The number of carbonyl (C=O) groups excluding carboxylic acids is 1. The number of pyridine rings is 1. The van der Waals surface area contributed by atoms with Gasteiger partial charge >= 0.3 is 5.97 Å². The number of thioether (sulfide) groups is 1. The Labute approximate surface area is 149 Å². The predicted molar refractivity (Wildman–Crippen MR) is 99.6 cm³/mol. The fraction of sp³-hybridized carbons (Fsp3) is 0.105. The van der Waals surface area contributed by atoms with Gasteiger partial charge in [0.05, 0.1) is 22.9 Å². The minimum atomic E-state index is -0.591. The molecule has 0 spiro atoms. The summed E-state index contributed by atoms with van der Waals surface area (Å²) in [4.78, 5) is 21.5. The maximum Gasteiger partial charge on any atom is 0.344 e. The third-order valence-corrected chi connectivity index (χ3v) is 4.34. The van der Waals surface area contributed by atoms with Crippen LogP contribution in [-0.4, -0.2) is 27.7 Å². The second-order valence-corrected chi connectivity index (χ2v) is 6.09. The summed E-state index contributed by atoms with van der Waals surface area (Å²) in [6.07, 6.45) is 3.38. The monoisotopic (exact) mass is 352 g/mol. The molecule has 0 atom stereocenters. The number of esters is 1. The number of benzene rings is 1. The van der Waals surface area contributed by atoms with Gasteiger partial charge in [-0.3, -0.25) is 4.98 Å². The van der Waals surface area contributed by atoms with Crippen molar-refractivity contribution >= 4 is 34.5 Å². The van der Waals surface area contributed by atoms with Crippen LogP contribution >= 0.6 is 11.8 Å². The minimum Gasteiger partial charge on any atom is -0.506 e. The molecular weight excluding hydrogens is 336 g/mol. The van der Waals surface area contributed by atoms with Crippen LogP contribution in [0.15, 0.2) is 76.0 Å². The third-order valence-electron chi connectivity index (χ3n) is 3.32. The van der Waals surface area contributed by atoms with Crippen LogP contribution in [0.4, 0.5) is 5.69 Å². The second kappa shape index (κ2) is 7.81. The van der Waals surface area contributed by atoms with Crippen LogP contribution in [0.1, 0.15) is 12.6 Å². The number of para-hydroxylation sites is 1. The third kappa shape index (κ3) is 3.97. The largest absolute Gasteiger partial charge is 0.506 e. The first-order valence-electron chi connectivity index (χ1n) is 7.74. The van der Waals surface area contributed by atoms with E-state index in [0.29, 0.717) is 21.3 Å². The van der Waals surface area contributed by atoms with Crippen LogP contribution in [0.25, 0.3) is 6.08 Å². The maximum atomic E-state index is 12.3. The molecule has 1 aliphatic rings. The van der Waals surface area contributed by atoms with E-state index >= 15 is 0 Å². The number of hydrogen-bond acceptors (Lipinski definition) is 6. The first-order valence-corrected chi connectivity index (χ1v) is 8.56. The highest BCUT2D eigenvalue weighted by molar-refractivity contribution is 8.18. The van der Waals surface area contributed by atoms with Crippen LogP contribution in [0.5, 0.6) is 0 Å². The van der Waals surface area contributed by atoms with E-state index in [0.717, 1.165) is 0 Å². The molecule has 0 fully saturated rings. The van der Waals surface area contributed by atoms with E-state index < -0.39 is 5.97 Å². The first-order chi connectivity index (χ1) is 12.2. The van der Waals surface area contributed by atoms with Gasteiger partial charge in [-0.25, -0.2) is 9.79 Å². The molecule has 1 N–H and O–H groups in total. The van der Waals surface area contributed by atoms with Gasteiger partial charge in [0.1, 0.15) is 16.4 Å². The smallest absolute Gasteiger partial charge is 0.344 e. The molecule has 0 radical (unpaired) electrons. The van der Waals surface area contributed by atoms with E-state index in [4.69, 9.17) is 4.74 Å². The summed E-state index contributed by atoms with van der Waals surface area (Å²) in [7, 11) is 0. The molecule has 0 bridgehead atoms. The van der Waals surface area contributed by atoms with Gasteiger partial charge in [-0.15, -0.1) is 0 Å². The molecular formula is C19H16N2O3S. The lowest BCUT2D eigenvalue weighted by atomic mass is 10.2. The van der Waals surface area contributed by atoms with Gasteiger partial charge in [0.25, 0.3) is 0 Å². The number of aromatic nitrogens is 1. The quantitative estimate of drug-likeness (QED) is 0.832. The SMILES string of the molecule is CCOC(=O)C1=C(O)C(=Cc2ccccn2)SC1=Nc1ccccc1. The summed E-state index contributed by atoms with van der Waals surface area (Å²) in [5, 5.41) is 10.9. The number of aliphatic hydroxyl groups excluding tert-OH is 1. The zero-order valence-corrected chi connectivity index (χ0v) is 14.4.